The molecule has 0 radical (unpaired) electrons. The summed E-state index contributed by atoms with van der Waals surface area (Å²) in [5.41, 5.74) is -0.800. The molecular weight excluding hydrogens is 315 g/mol. The lowest BCUT2D eigenvalue weighted by molar-refractivity contribution is -0.137. The number of amides is 1. The molecule has 24 heavy (non-hydrogen) atoms. The smallest absolute Gasteiger partial charge is 0.345 e. The number of carbonyl (C=O) groups excluding carboxylic acids is 1. The first-order chi connectivity index (χ1) is 11.1. The van der Waals surface area contributed by atoms with Crippen molar-refractivity contribution in [3.8, 4) is 0 Å². The fourth-order valence-electron chi connectivity index (χ4n) is 2.58. The highest BCUT2D eigenvalue weighted by Crippen LogP contribution is 2.35. The Balaban J connectivity index is 2.37. The zero-order chi connectivity index (χ0) is 18.0. The van der Waals surface area contributed by atoms with Gasteiger partial charge in [0.2, 0.25) is 0 Å². The Hall–Kier alpha value is -2.30. The first-order valence-corrected chi connectivity index (χ1v) is 7.63. The molecule has 1 atom stereocenters. The van der Waals surface area contributed by atoms with Crippen molar-refractivity contribution >= 4 is 5.91 Å². The van der Waals surface area contributed by atoms with Crippen LogP contribution in [0.1, 0.15) is 48.3 Å². The summed E-state index contributed by atoms with van der Waals surface area (Å²) in [6, 6.07) is 13.6. The number of rotatable bonds is 3. The van der Waals surface area contributed by atoms with Gasteiger partial charge in [0.15, 0.2) is 0 Å². The van der Waals surface area contributed by atoms with Crippen LogP contribution in [0.25, 0.3) is 0 Å². The molecule has 0 aliphatic carbocycles. The van der Waals surface area contributed by atoms with Crippen molar-refractivity contribution in [2.45, 2.75) is 33.0 Å². The number of benzene rings is 2. The van der Waals surface area contributed by atoms with E-state index in [1.165, 1.54) is 18.2 Å². The average Bonchev–Trinajstić information content (AvgIpc) is 2.51. The minimum atomic E-state index is -4.57. The Morgan fingerprint density at radius 1 is 0.917 bits per heavy atom. The summed E-state index contributed by atoms with van der Waals surface area (Å²) in [4.78, 5) is 12.5. The van der Waals surface area contributed by atoms with Gasteiger partial charge in [0.1, 0.15) is 0 Å². The third-order valence-electron chi connectivity index (χ3n) is 3.75. The summed E-state index contributed by atoms with van der Waals surface area (Å²) in [5, 5.41) is 2.76. The third-order valence-corrected chi connectivity index (χ3v) is 3.75. The molecule has 0 aliphatic rings. The zero-order valence-corrected chi connectivity index (χ0v) is 13.8. The third kappa shape index (κ3) is 4.16. The Kier molecular flexibility index (Phi) is 5.02. The summed E-state index contributed by atoms with van der Waals surface area (Å²) < 4.78 is 39.4. The predicted octanol–water partition coefficient (Wildman–Crippen LogP) is 5.22. The van der Waals surface area contributed by atoms with Crippen LogP contribution in [0.2, 0.25) is 0 Å². The van der Waals surface area contributed by atoms with Gasteiger partial charge in [-0.15, -0.1) is 0 Å². The first kappa shape index (κ1) is 18.0. The maximum atomic E-state index is 13.1. The van der Waals surface area contributed by atoms with E-state index in [1.807, 2.05) is 51.1 Å². The summed E-state index contributed by atoms with van der Waals surface area (Å²) in [6.07, 6.45) is -4.57. The van der Waals surface area contributed by atoms with Crippen molar-refractivity contribution in [2.75, 3.05) is 0 Å². The number of alkyl halides is 3. The minimum absolute atomic E-state index is 0.357. The van der Waals surface area contributed by atoms with Crippen LogP contribution in [0.4, 0.5) is 13.2 Å². The topological polar surface area (TPSA) is 29.1 Å². The molecule has 1 unspecified atom stereocenters. The highest BCUT2D eigenvalue weighted by atomic mass is 19.4. The number of carbonyl (C=O) groups is 1. The van der Waals surface area contributed by atoms with Crippen molar-refractivity contribution in [2.24, 2.45) is 5.41 Å². The number of hydrogen-bond acceptors (Lipinski definition) is 1. The largest absolute Gasteiger partial charge is 0.417 e. The molecule has 0 aromatic heterocycles. The molecule has 0 aliphatic heterocycles. The van der Waals surface area contributed by atoms with Gasteiger partial charge in [0, 0.05) is 0 Å². The van der Waals surface area contributed by atoms with Gasteiger partial charge in [0.05, 0.1) is 17.2 Å². The van der Waals surface area contributed by atoms with E-state index in [0.29, 0.717) is 0 Å². The van der Waals surface area contributed by atoms with Crippen LogP contribution >= 0.6 is 0 Å². The molecule has 5 heteroatoms. The van der Waals surface area contributed by atoms with E-state index in [4.69, 9.17) is 0 Å². The quantitative estimate of drug-likeness (QED) is 0.818. The molecule has 2 aromatic rings. The van der Waals surface area contributed by atoms with Gasteiger partial charge in [-0.25, -0.2) is 0 Å². The molecule has 2 nitrogen and oxygen atoms in total. The van der Waals surface area contributed by atoms with Crippen molar-refractivity contribution in [3.63, 3.8) is 0 Å². The second-order valence-corrected chi connectivity index (χ2v) is 6.73. The van der Waals surface area contributed by atoms with E-state index in [-0.39, 0.29) is 11.0 Å². The van der Waals surface area contributed by atoms with Crippen molar-refractivity contribution in [3.05, 3.63) is 71.3 Å². The Labute approximate surface area is 139 Å². The fraction of sp³-hybridized carbons (Fsp3) is 0.316. The Morgan fingerprint density at radius 3 is 2.00 bits per heavy atom. The van der Waals surface area contributed by atoms with Crippen molar-refractivity contribution in [1.82, 2.24) is 5.32 Å². The van der Waals surface area contributed by atoms with Crippen molar-refractivity contribution in [1.29, 1.82) is 0 Å². The molecule has 2 rings (SSSR count). The highest BCUT2D eigenvalue weighted by molar-refractivity contribution is 5.96. The highest BCUT2D eigenvalue weighted by Gasteiger charge is 2.36. The van der Waals surface area contributed by atoms with Crippen LogP contribution in [0, 0.1) is 5.41 Å². The maximum Gasteiger partial charge on any atom is 0.417 e. The fourth-order valence-corrected chi connectivity index (χ4v) is 2.58. The van der Waals surface area contributed by atoms with Crippen LogP contribution in [-0.2, 0) is 6.18 Å². The zero-order valence-electron chi connectivity index (χ0n) is 13.8. The SMILES string of the molecule is CC(C)(C)C(NC(=O)c1ccccc1C(F)(F)F)c1ccccc1. The average molecular weight is 335 g/mol. The summed E-state index contributed by atoms with van der Waals surface area (Å²) in [6.45, 7) is 5.79. The van der Waals surface area contributed by atoms with E-state index in [0.717, 1.165) is 11.6 Å². The van der Waals surface area contributed by atoms with Gasteiger partial charge < -0.3 is 5.32 Å². The Morgan fingerprint density at radius 2 is 1.46 bits per heavy atom. The molecule has 128 valence electrons. The van der Waals surface area contributed by atoms with E-state index >= 15 is 0 Å². The molecule has 2 aromatic carbocycles. The molecule has 0 saturated heterocycles. The van der Waals surface area contributed by atoms with Gasteiger partial charge in [-0.3, -0.25) is 4.79 Å². The lowest BCUT2D eigenvalue weighted by Gasteiger charge is -2.32. The van der Waals surface area contributed by atoms with E-state index in [9.17, 15) is 18.0 Å². The molecule has 1 amide bonds. The van der Waals surface area contributed by atoms with Gasteiger partial charge >= 0.3 is 6.18 Å². The van der Waals surface area contributed by atoms with E-state index < -0.39 is 23.7 Å². The monoisotopic (exact) mass is 335 g/mol. The van der Waals surface area contributed by atoms with E-state index in [1.54, 1.807) is 0 Å². The lowest BCUT2D eigenvalue weighted by atomic mass is 9.82. The molecule has 0 bridgehead atoms. The van der Waals surface area contributed by atoms with Crippen LogP contribution in [-0.4, -0.2) is 5.91 Å². The minimum Gasteiger partial charge on any atom is -0.345 e. The van der Waals surface area contributed by atoms with Gasteiger partial charge in [-0.2, -0.15) is 13.2 Å². The van der Waals surface area contributed by atoms with Gasteiger partial charge in [-0.05, 0) is 23.1 Å². The molecule has 1 N–H and O–H groups in total. The summed E-state index contributed by atoms with van der Waals surface area (Å²) in [7, 11) is 0. The van der Waals surface area contributed by atoms with Crippen LogP contribution in [0.15, 0.2) is 54.6 Å². The normalized spacial score (nSPS) is 13.4. The first-order valence-electron chi connectivity index (χ1n) is 7.63. The molecule has 0 spiro atoms. The maximum absolute atomic E-state index is 13.1. The van der Waals surface area contributed by atoms with E-state index in [2.05, 4.69) is 5.32 Å². The second kappa shape index (κ2) is 6.67. The molecular formula is C19H20F3NO. The molecule has 0 fully saturated rings. The van der Waals surface area contributed by atoms with Crippen molar-refractivity contribution < 1.29 is 18.0 Å². The lowest BCUT2D eigenvalue weighted by Crippen LogP contribution is -2.37. The Bertz CT molecular complexity index is 703. The number of nitrogens with one attached hydrogen (secondary N) is 1. The summed E-state index contributed by atoms with van der Waals surface area (Å²) >= 11 is 0. The molecule has 0 heterocycles. The standard InChI is InChI=1S/C19H20F3NO/c1-18(2,3)16(13-9-5-4-6-10-13)23-17(24)14-11-7-8-12-15(14)19(20,21)22/h4-12,16H,1-3H3,(H,23,24). The second-order valence-electron chi connectivity index (χ2n) is 6.73. The summed E-state index contributed by atoms with van der Waals surface area (Å²) in [5.74, 6) is -0.730. The molecule has 0 saturated carbocycles. The predicted molar refractivity (Wildman–Crippen MR) is 87.5 cm³/mol. The number of hydrogen-bond donors (Lipinski definition) is 1. The van der Waals surface area contributed by atoms with Crippen LogP contribution in [0.5, 0.6) is 0 Å². The van der Waals surface area contributed by atoms with Gasteiger partial charge in [-0.1, -0.05) is 63.2 Å². The van der Waals surface area contributed by atoms with Gasteiger partial charge in [0.25, 0.3) is 5.91 Å². The van der Waals surface area contributed by atoms with Crippen LogP contribution < -0.4 is 5.32 Å². The van der Waals surface area contributed by atoms with Crippen LogP contribution in [0.3, 0.4) is 0 Å². The number of halogens is 3.